The Hall–Kier alpha value is -7.10. The number of rotatable bonds is 5. The number of anilines is 3. The van der Waals surface area contributed by atoms with Crippen molar-refractivity contribution in [3.63, 3.8) is 0 Å². The van der Waals surface area contributed by atoms with Gasteiger partial charge in [0.15, 0.2) is 0 Å². The normalized spacial score (nSPS) is 11.8. The highest BCUT2D eigenvalue weighted by molar-refractivity contribution is 6.23. The van der Waals surface area contributed by atoms with Crippen molar-refractivity contribution in [3.05, 3.63) is 188 Å². The third kappa shape index (κ3) is 4.61. The Bertz CT molecular complexity index is 3170. The van der Waals surface area contributed by atoms with E-state index in [1.165, 1.54) is 32.7 Å². The van der Waals surface area contributed by atoms with Gasteiger partial charge in [0.1, 0.15) is 22.3 Å². The summed E-state index contributed by atoms with van der Waals surface area (Å²) in [4.78, 5) is 2.42. The molecule has 0 fully saturated rings. The van der Waals surface area contributed by atoms with Gasteiger partial charge in [0.2, 0.25) is 0 Å². The molecular weight excluding hydrogens is 647 g/mol. The molecule has 0 radical (unpaired) electrons. The molecule has 0 saturated heterocycles. The van der Waals surface area contributed by atoms with Crippen LogP contribution in [-0.4, -0.2) is 0 Å². The summed E-state index contributed by atoms with van der Waals surface area (Å²) in [5.74, 6) is 0. The average Bonchev–Trinajstić information content (AvgIpc) is 3.80. The number of nitrogens with zero attached hydrogens (tertiary/aromatic N) is 1. The molecule has 0 amide bonds. The molecule has 0 aliphatic carbocycles. The molecule has 9 aromatic carbocycles. The predicted octanol–water partition coefficient (Wildman–Crippen LogP) is 14.6. The maximum absolute atomic E-state index is 6.61. The van der Waals surface area contributed by atoms with Crippen LogP contribution in [0.3, 0.4) is 0 Å². The van der Waals surface area contributed by atoms with Crippen LogP contribution < -0.4 is 4.90 Å². The highest BCUT2D eigenvalue weighted by Crippen LogP contribution is 2.51. The lowest BCUT2D eigenvalue weighted by Gasteiger charge is -2.29. The molecule has 3 nitrogen and oxygen atoms in total. The first-order valence-electron chi connectivity index (χ1n) is 18.0. The van der Waals surface area contributed by atoms with E-state index in [9.17, 15) is 0 Å². The Morgan fingerprint density at radius 3 is 1.66 bits per heavy atom. The quantitative estimate of drug-likeness (QED) is 0.170. The van der Waals surface area contributed by atoms with Gasteiger partial charge in [0.25, 0.3) is 0 Å². The Kier molecular flexibility index (Phi) is 6.55. The molecular formula is C50H31NO2. The van der Waals surface area contributed by atoms with Gasteiger partial charge in [0.05, 0.1) is 16.8 Å². The minimum atomic E-state index is 0.849. The van der Waals surface area contributed by atoms with Crippen molar-refractivity contribution in [2.24, 2.45) is 0 Å². The lowest BCUT2D eigenvalue weighted by Crippen LogP contribution is -2.12. The zero-order valence-electron chi connectivity index (χ0n) is 28.7. The van der Waals surface area contributed by atoms with Crippen LogP contribution in [0, 0.1) is 0 Å². The first-order valence-corrected chi connectivity index (χ1v) is 18.0. The minimum absolute atomic E-state index is 0.849. The van der Waals surface area contributed by atoms with Crippen LogP contribution in [0.4, 0.5) is 17.1 Å². The van der Waals surface area contributed by atoms with E-state index in [1.54, 1.807) is 0 Å². The van der Waals surface area contributed by atoms with Crippen molar-refractivity contribution in [2.75, 3.05) is 4.90 Å². The first kappa shape index (κ1) is 29.6. The topological polar surface area (TPSA) is 29.5 Å². The van der Waals surface area contributed by atoms with E-state index in [4.69, 9.17) is 8.83 Å². The molecule has 0 unspecified atom stereocenters. The van der Waals surface area contributed by atoms with Gasteiger partial charge in [-0.05, 0) is 92.8 Å². The van der Waals surface area contributed by atoms with Crippen molar-refractivity contribution >= 4 is 82.5 Å². The molecule has 0 saturated carbocycles. The van der Waals surface area contributed by atoms with Crippen molar-refractivity contribution in [1.82, 2.24) is 0 Å². The second-order valence-electron chi connectivity index (χ2n) is 13.6. The summed E-state index contributed by atoms with van der Waals surface area (Å²) in [7, 11) is 0. The fraction of sp³-hybridized carbons (Fsp3) is 0. The van der Waals surface area contributed by atoms with Crippen LogP contribution in [0.5, 0.6) is 0 Å². The first-order chi connectivity index (χ1) is 26.3. The number of fused-ring (bicyclic) bond motifs is 9. The van der Waals surface area contributed by atoms with Gasteiger partial charge in [-0.3, -0.25) is 0 Å². The molecule has 0 atom stereocenters. The molecule has 248 valence electrons. The maximum Gasteiger partial charge on any atom is 0.137 e. The predicted molar refractivity (Wildman–Crippen MR) is 222 cm³/mol. The Labute approximate surface area is 305 Å². The zero-order chi connectivity index (χ0) is 34.9. The Morgan fingerprint density at radius 1 is 0.340 bits per heavy atom. The number of hydrogen-bond acceptors (Lipinski definition) is 3. The fourth-order valence-corrected chi connectivity index (χ4v) is 8.31. The molecule has 0 N–H and O–H groups in total. The monoisotopic (exact) mass is 677 g/mol. The van der Waals surface area contributed by atoms with E-state index in [0.29, 0.717) is 0 Å². The van der Waals surface area contributed by atoms with Gasteiger partial charge in [0, 0.05) is 27.4 Å². The molecule has 0 aliphatic rings. The van der Waals surface area contributed by atoms with Gasteiger partial charge in [-0.2, -0.15) is 0 Å². The molecule has 11 aromatic rings. The molecule has 2 heterocycles. The smallest absolute Gasteiger partial charge is 0.137 e. The number of hydrogen-bond donors (Lipinski definition) is 0. The molecule has 3 heteroatoms. The average molecular weight is 678 g/mol. The fourth-order valence-electron chi connectivity index (χ4n) is 8.31. The van der Waals surface area contributed by atoms with Crippen molar-refractivity contribution in [1.29, 1.82) is 0 Å². The van der Waals surface area contributed by atoms with E-state index in [0.717, 1.165) is 72.1 Å². The van der Waals surface area contributed by atoms with Gasteiger partial charge in [-0.15, -0.1) is 0 Å². The molecule has 53 heavy (non-hydrogen) atoms. The maximum atomic E-state index is 6.61. The van der Waals surface area contributed by atoms with E-state index in [-0.39, 0.29) is 0 Å². The van der Waals surface area contributed by atoms with Crippen molar-refractivity contribution in [3.8, 4) is 22.3 Å². The minimum Gasteiger partial charge on any atom is -0.456 e. The van der Waals surface area contributed by atoms with Gasteiger partial charge < -0.3 is 13.7 Å². The van der Waals surface area contributed by atoms with Crippen LogP contribution in [0.1, 0.15) is 0 Å². The number of benzene rings is 9. The molecule has 0 aliphatic heterocycles. The van der Waals surface area contributed by atoms with E-state index < -0.39 is 0 Å². The Morgan fingerprint density at radius 2 is 0.906 bits per heavy atom. The second kappa shape index (κ2) is 11.7. The molecule has 0 spiro atoms. The second-order valence-corrected chi connectivity index (χ2v) is 13.6. The number of furan rings is 2. The standard InChI is InChI=1S/C50H31NO2/c1-2-13-32(14-3-1)33-25-27-35(28-26-33)51(42-21-12-24-46-48(42)39-19-8-10-22-44(39)52-46)43-29-30-47-50(40-20-9-11-23-45(40)53-47)49(43)41-31-34-15-4-5-16-36(34)37-17-6-7-18-38(37)41/h1-31H. The van der Waals surface area contributed by atoms with Crippen LogP contribution in [0.2, 0.25) is 0 Å². The van der Waals surface area contributed by atoms with E-state index in [2.05, 4.69) is 181 Å². The summed E-state index contributed by atoms with van der Waals surface area (Å²) in [5, 5.41) is 9.17. The van der Waals surface area contributed by atoms with Crippen LogP contribution >= 0.6 is 0 Å². The molecule has 11 rings (SSSR count). The summed E-state index contributed by atoms with van der Waals surface area (Å²) >= 11 is 0. The van der Waals surface area contributed by atoms with Gasteiger partial charge >= 0.3 is 0 Å². The highest BCUT2D eigenvalue weighted by atomic mass is 16.3. The summed E-state index contributed by atoms with van der Waals surface area (Å²) in [6, 6.07) is 66.8. The highest BCUT2D eigenvalue weighted by Gasteiger charge is 2.26. The van der Waals surface area contributed by atoms with Crippen LogP contribution in [-0.2, 0) is 0 Å². The summed E-state index contributed by atoms with van der Waals surface area (Å²) < 4.78 is 13.1. The van der Waals surface area contributed by atoms with E-state index >= 15 is 0 Å². The lowest BCUT2D eigenvalue weighted by atomic mass is 9.89. The Balaban J connectivity index is 1.29. The van der Waals surface area contributed by atoms with Crippen molar-refractivity contribution < 1.29 is 8.83 Å². The molecule has 2 aromatic heterocycles. The number of para-hydroxylation sites is 2. The lowest BCUT2D eigenvalue weighted by molar-refractivity contribution is 0.668. The van der Waals surface area contributed by atoms with E-state index in [1.807, 2.05) is 12.1 Å². The third-order valence-corrected chi connectivity index (χ3v) is 10.7. The SMILES string of the molecule is c1ccc(-c2ccc(N(c3ccc4oc5ccccc5c4c3-c3cc4ccccc4c4ccccc34)c3cccc4oc5ccccc5c34)cc2)cc1. The van der Waals surface area contributed by atoms with Crippen LogP contribution in [0.25, 0.3) is 87.7 Å². The molecule has 0 bridgehead atoms. The van der Waals surface area contributed by atoms with Crippen molar-refractivity contribution in [2.45, 2.75) is 0 Å². The summed E-state index contributed by atoms with van der Waals surface area (Å²) in [5.41, 5.74) is 11.2. The third-order valence-electron chi connectivity index (χ3n) is 10.7. The summed E-state index contributed by atoms with van der Waals surface area (Å²) in [6.45, 7) is 0. The zero-order valence-corrected chi connectivity index (χ0v) is 28.7. The largest absolute Gasteiger partial charge is 0.456 e. The van der Waals surface area contributed by atoms with Gasteiger partial charge in [-0.25, -0.2) is 0 Å². The van der Waals surface area contributed by atoms with Gasteiger partial charge in [-0.1, -0.05) is 133 Å². The summed E-state index contributed by atoms with van der Waals surface area (Å²) in [6.07, 6.45) is 0. The van der Waals surface area contributed by atoms with Crippen LogP contribution in [0.15, 0.2) is 197 Å².